The molecule has 0 aromatic heterocycles. The second kappa shape index (κ2) is 4.81. The van der Waals surface area contributed by atoms with Gasteiger partial charge in [0.05, 0.1) is 24.9 Å². The van der Waals surface area contributed by atoms with E-state index in [0.717, 1.165) is 19.4 Å². The number of hydrogen-bond donors (Lipinski definition) is 2. The van der Waals surface area contributed by atoms with Gasteiger partial charge in [-0.2, -0.15) is 0 Å². The van der Waals surface area contributed by atoms with Crippen LogP contribution in [0.15, 0.2) is 11.6 Å². The highest BCUT2D eigenvalue weighted by molar-refractivity contribution is 5.28. The fraction of sp³-hybridized carbons (Fsp3) is 0.895. The molecule has 4 unspecified atom stereocenters. The molecule has 0 bridgehead atoms. The first-order valence-corrected chi connectivity index (χ1v) is 9.05. The third kappa shape index (κ3) is 1.85. The summed E-state index contributed by atoms with van der Waals surface area (Å²) < 4.78 is 6.46. The lowest BCUT2D eigenvalue weighted by molar-refractivity contribution is -0.198. The maximum Gasteiger partial charge on any atom is 0.0779 e. The number of aliphatic hydroxyl groups excluding tert-OH is 2. The third-order valence-electron chi connectivity index (χ3n) is 7.85. The Hall–Kier alpha value is -0.380. The van der Waals surface area contributed by atoms with Gasteiger partial charge in [0.15, 0.2) is 0 Å². The van der Waals surface area contributed by atoms with Crippen molar-refractivity contribution in [3.05, 3.63) is 11.6 Å². The van der Waals surface area contributed by atoms with E-state index in [4.69, 9.17) is 4.74 Å². The van der Waals surface area contributed by atoms with Crippen LogP contribution >= 0.6 is 0 Å². The van der Waals surface area contributed by atoms with E-state index < -0.39 is 6.10 Å². The molecule has 124 valence electrons. The van der Waals surface area contributed by atoms with Crippen molar-refractivity contribution in [3.63, 3.8) is 0 Å². The number of aliphatic hydroxyl groups is 2. The van der Waals surface area contributed by atoms with Crippen molar-refractivity contribution >= 4 is 0 Å². The number of rotatable bonds is 0. The fourth-order valence-corrected chi connectivity index (χ4v) is 6.07. The Balaban J connectivity index is 1.73. The Kier molecular flexibility index (Phi) is 3.32. The summed E-state index contributed by atoms with van der Waals surface area (Å²) in [6, 6.07) is 0. The molecule has 1 saturated heterocycles. The molecule has 2 N–H and O–H groups in total. The first-order valence-electron chi connectivity index (χ1n) is 9.05. The average Bonchev–Trinajstić information content (AvgIpc) is 2.77. The van der Waals surface area contributed by atoms with Crippen molar-refractivity contribution < 1.29 is 14.9 Å². The van der Waals surface area contributed by atoms with E-state index in [1.54, 1.807) is 0 Å². The largest absolute Gasteiger partial charge is 0.393 e. The molecule has 0 aromatic rings. The molecule has 3 heteroatoms. The second-order valence-corrected chi connectivity index (χ2v) is 8.90. The standard InChI is InChI=1S/C19H30O3/c1-11-4-5-14-16-15(21)9-12-8-13(20)6-7-18(12,2)17(16)22-10-19(11,14)3/h9,11,13-17,20-21H,4-8,10H2,1-3H3/t11-,13-,14?,15?,16?,17?,18-,19+/m0/s1. The maximum atomic E-state index is 10.9. The van der Waals surface area contributed by atoms with Crippen LogP contribution in [0, 0.1) is 28.6 Å². The lowest BCUT2D eigenvalue weighted by atomic mass is 9.54. The molecular formula is C19H30O3. The van der Waals surface area contributed by atoms with Crippen molar-refractivity contribution in [1.29, 1.82) is 0 Å². The molecule has 3 fully saturated rings. The lowest BCUT2D eigenvalue weighted by Crippen LogP contribution is -2.60. The van der Waals surface area contributed by atoms with Gasteiger partial charge in [-0.3, -0.25) is 0 Å². The highest BCUT2D eigenvalue weighted by Gasteiger charge is 2.60. The van der Waals surface area contributed by atoms with Crippen molar-refractivity contribution in [2.45, 2.75) is 71.2 Å². The monoisotopic (exact) mass is 306 g/mol. The second-order valence-electron chi connectivity index (χ2n) is 8.90. The topological polar surface area (TPSA) is 49.7 Å². The summed E-state index contributed by atoms with van der Waals surface area (Å²) >= 11 is 0. The number of hydrogen-bond acceptors (Lipinski definition) is 3. The average molecular weight is 306 g/mol. The Bertz CT molecular complexity index is 501. The van der Waals surface area contributed by atoms with Crippen LogP contribution in [-0.4, -0.2) is 35.1 Å². The van der Waals surface area contributed by atoms with Crippen molar-refractivity contribution in [3.8, 4) is 0 Å². The van der Waals surface area contributed by atoms with Crippen molar-refractivity contribution in [1.82, 2.24) is 0 Å². The van der Waals surface area contributed by atoms with Gasteiger partial charge >= 0.3 is 0 Å². The minimum absolute atomic E-state index is 0.0102. The molecule has 0 amide bonds. The molecule has 3 nitrogen and oxygen atoms in total. The summed E-state index contributed by atoms with van der Waals surface area (Å²) in [4.78, 5) is 0. The van der Waals surface area contributed by atoms with Gasteiger partial charge in [-0.05, 0) is 49.4 Å². The van der Waals surface area contributed by atoms with Crippen LogP contribution in [0.1, 0.15) is 52.9 Å². The SMILES string of the molecule is C[C@H]1CCC2C3C(O)C=C4C[C@@H](O)CC[C@]4(C)C3OC[C@@]21C. The zero-order valence-corrected chi connectivity index (χ0v) is 14.1. The zero-order chi connectivity index (χ0) is 15.7. The van der Waals surface area contributed by atoms with Gasteiger partial charge in [-0.1, -0.05) is 32.4 Å². The highest BCUT2D eigenvalue weighted by atomic mass is 16.5. The Morgan fingerprint density at radius 3 is 2.73 bits per heavy atom. The van der Waals surface area contributed by atoms with E-state index in [2.05, 4.69) is 26.8 Å². The summed E-state index contributed by atoms with van der Waals surface area (Å²) in [7, 11) is 0. The summed E-state index contributed by atoms with van der Waals surface area (Å²) in [5.74, 6) is 1.47. The smallest absolute Gasteiger partial charge is 0.0779 e. The molecule has 22 heavy (non-hydrogen) atoms. The van der Waals surface area contributed by atoms with E-state index in [1.807, 2.05) is 0 Å². The van der Waals surface area contributed by atoms with E-state index in [1.165, 1.54) is 18.4 Å². The van der Waals surface area contributed by atoms with Crippen LogP contribution in [0.5, 0.6) is 0 Å². The highest BCUT2D eigenvalue weighted by Crippen LogP contribution is 2.61. The maximum absolute atomic E-state index is 10.9. The summed E-state index contributed by atoms with van der Waals surface area (Å²) in [6.07, 6.45) is 6.56. The molecular weight excluding hydrogens is 276 g/mol. The van der Waals surface area contributed by atoms with Crippen LogP contribution in [0.3, 0.4) is 0 Å². The van der Waals surface area contributed by atoms with E-state index in [-0.39, 0.29) is 29.0 Å². The van der Waals surface area contributed by atoms with Gasteiger partial charge in [-0.25, -0.2) is 0 Å². The first-order chi connectivity index (χ1) is 10.4. The minimum Gasteiger partial charge on any atom is -0.393 e. The van der Waals surface area contributed by atoms with Crippen molar-refractivity contribution in [2.24, 2.45) is 28.6 Å². The molecule has 4 rings (SSSR count). The summed E-state index contributed by atoms with van der Waals surface area (Å²) in [5, 5.41) is 20.9. The quantitative estimate of drug-likeness (QED) is 0.677. The molecule has 1 aliphatic heterocycles. The van der Waals surface area contributed by atoms with Crippen LogP contribution in [0.4, 0.5) is 0 Å². The minimum atomic E-state index is -0.409. The Labute approximate surface area is 133 Å². The van der Waals surface area contributed by atoms with Gasteiger partial charge in [0, 0.05) is 11.3 Å². The Morgan fingerprint density at radius 2 is 1.95 bits per heavy atom. The normalized spacial score (nSPS) is 57.6. The molecule has 1 heterocycles. The number of fused-ring (bicyclic) bond motifs is 5. The van der Waals surface area contributed by atoms with Crippen LogP contribution < -0.4 is 0 Å². The predicted octanol–water partition coefficient (Wildman–Crippen LogP) is 2.91. The van der Waals surface area contributed by atoms with Gasteiger partial charge in [-0.15, -0.1) is 0 Å². The van der Waals surface area contributed by atoms with E-state index in [0.29, 0.717) is 18.3 Å². The molecule has 3 aliphatic carbocycles. The van der Waals surface area contributed by atoms with Crippen molar-refractivity contribution in [2.75, 3.05) is 6.61 Å². The van der Waals surface area contributed by atoms with E-state index >= 15 is 0 Å². The molecule has 4 aliphatic rings. The fourth-order valence-electron chi connectivity index (χ4n) is 6.07. The third-order valence-corrected chi connectivity index (χ3v) is 7.85. The lowest BCUT2D eigenvalue weighted by Gasteiger charge is -2.58. The van der Waals surface area contributed by atoms with Gasteiger partial charge in [0.25, 0.3) is 0 Å². The number of ether oxygens (including phenoxy) is 1. The predicted molar refractivity (Wildman–Crippen MR) is 85.3 cm³/mol. The van der Waals surface area contributed by atoms with Gasteiger partial charge in [0.2, 0.25) is 0 Å². The molecule has 0 radical (unpaired) electrons. The van der Waals surface area contributed by atoms with Gasteiger partial charge in [0.1, 0.15) is 0 Å². The molecule has 2 saturated carbocycles. The first kappa shape index (κ1) is 15.2. The van der Waals surface area contributed by atoms with E-state index in [9.17, 15) is 10.2 Å². The summed E-state index contributed by atoms with van der Waals surface area (Å²) in [5.41, 5.74) is 1.46. The van der Waals surface area contributed by atoms with Crippen LogP contribution in [-0.2, 0) is 4.74 Å². The van der Waals surface area contributed by atoms with Crippen LogP contribution in [0.25, 0.3) is 0 Å². The molecule has 8 atom stereocenters. The molecule has 0 aromatic carbocycles. The summed E-state index contributed by atoms with van der Waals surface area (Å²) in [6.45, 7) is 7.84. The van der Waals surface area contributed by atoms with Crippen LogP contribution in [0.2, 0.25) is 0 Å². The van der Waals surface area contributed by atoms with Gasteiger partial charge < -0.3 is 14.9 Å². The molecule has 0 spiro atoms. The zero-order valence-electron chi connectivity index (χ0n) is 14.1. The Morgan fingerprint density at radius 1 is 1.18 bits per heavy atom.